The molecule has 1 aromatic carbocycles. The van der Waals surface area contributed by atoms with E-state index in [0.29, 0.717) is 0 Å². The SMILES string of the molecule is COC(=O)C(C)c1cccc2cn[nH]c12. The number of ether oxygens (including phenoxy) is 1. The molecule has 2 rings (SSSR count). The van der Waals surface area contributed by atoms with E-state index in [2.05, 4.69) is 10.2 Å². The molecule has 78 valence electrons. The molecule has 1 unspecified atom stereocenters. The highest BCUT2D eigenvalue weighted by molar-refractivity contribution is 5.88. The first kappa shape index (κ1) is 9.71. The Morgan fingerprint density at radius 1 is 1.53 bits per heavy atom. The summed E-state index contributed by atoms with van der Waals surface area (Å²) in [5, 5.41) is 7.85. The van der Waals surface area contributed by atoms with Gasteiger partial charge in [0.1, 0.15) is 0 Å². The van der Waals surface area contributed by atoms with Crippen molar-refractivity contribution in [3.8, 4) is 0 Å². The van der Waals surface area contributed by atoms with Crippen molar-refractivity contribution in [2.24, 2.45) is 0 Å². The van der Waals surface area contributed by atoms with Crippen LogP contribution in [0.15, 0.2) is 24.4 Å². The zero-order chi connectivity index (χ0) is 10.8. The second-order valence-electron chi connectivity index (χ2n) is 3.43. The van der Waals surface area contributed by atoms with Gasteiger partial charge in [-0.15, -0.1) is 0 Å². The number of nitrogens with zero attached hydrogens (tertiary/aromatic N) is 1. The van der Waals surface area contributed by atoms with Crippen LogP contribution in [0.25, 0.3) is 10.9 Å². The number of rotatable bonds is 2. The van der Waals surface area contributed by atoms with Gasteiger partial charge in [-0.25, -0.2) is 0 Å². The number of nitrogens with one attached hydrogen (secondary N) is 1. The van der Waals surface area contributed by atoms with Crippen molar-refractivity contribution >= 4 is 16.9 Å². The molecule has 1 N–H and O–H groups in total. The van der Waals surface area contributed by atoms with Gasteiger partial charge < -0.3 is 4.74 Å². The summed E-state index contributed by atoms with van der Waals surface area (Å²) in [6, 6.07) is 5.76. The van der Waals surface area contributed by atoms with Crippen molar-refractivity contribution in [1.29, 1.82) is 0 Å². The van der Waals surface area contributed by atoms with E-state index in [-0.39, 0.29) is 11.9 Å². The maximum Gasteiger partial charge on any atom is 0.312 e. The quantitative estimate of drug-likeness (QED) is 0.759. The van der Waals surface area contributed by atoms with Gasteiger partial charge in [0.15, 0.2) is 0 Å². The van der Waals surface area contributed by atoms with Crippen molar-refractivity contribution in [1.82, 2.24) is 10.2 Å². The van der Waals surface area contributed by atoms with Crippen LogP contribution >= 0.6 is 0 Å². The van der Waals surface area contributed by atoms with E-state index in [1.54, 1.807) is 6.20 Å². The van der Waals surface area contributed by atoms with Gasteiger partial charge in [0.25, 0.3) is 0 Å². The standard InChI is InChI=1S/C11H12N2O2/c1-7(11(14)15-2)9-5-3-4-8-6-12-13-10(8)9/h3-7H,1-2H3,(H,12,13). The van der Waals surface area contributed by atoms with E-state index in [0.717, 1.165) is 16.5 Å². The lowest BCUT2D eigenvalue weighted by molar-refractivity contribution is -0.141. The molecule has 0 aliphatic rings. The molecule has 4 heteroatoms. The van der Waals surface area contributed by atoms with Gasteiger partial charge in [-0.05, 0) is 12.5 Å². The molecule has 2 aromatic rings. The number of H-pyrrole nitrogens is 1. The Balaban J connectivity index is 2.51. The fourth-order valence-corrected chi connectivity index (χ4v) is 1.66. The summed E-state index contributed by atoms with van der Waals surface area (Å²) in [5.41, 5.74) is 1.81. The molecule has 0 bridgehead atoms. The van der Waals surface area contributed by atoms with Gasteiger partial charge in [-0.3, -0.25) is 9.89 Å². The van der Waals surface area contributed by atoms with E-state index >= 15 is 0 Å². The molecule has 0 radical (unpaired) electrons. The van der Waals surface area contributed by atoms with Crippen molar-refractivity contribution in [2.75, 3.05) is 7.11 Å². The lowest BCUT2D eigenvalue weighted by Gasteiger charge is -2.09. The molecule has 4 nitrogen and oxygen atoms in total. The first-order valence-corrected chi connectivity index (χ1v) is 4.74. The van der Waals surface area contributed by atoms with Gasteiger partial charge in [-0.2, -0.15) is 5.10 Å². The predicted octanol–water partition coefficient (Wildman–Crippen LogP) is 1.84. The van der Waals surface area contributed by atoms with Crippen LogP contribution in [0, 0.1) is 0 Å². The first-order chi connectivity index (χ1) is 7.24. The maximum absolute atomic E-state index is 11.4. The highest BCUT2D eigenvalue weighted by Gasteiger charge is 2.18. The summed E-state index contributed by atoms with van der Waals surface area (Å²) in [6.45, 7) is 1.82. The first-order valence-electron chi connectivity index (χ1n) is 4.74. The van der Waals surface area contributed by atoms with E-state index in [1.165, 1.54) is 7.11 Å². The molecule has 1 atom stereocenters. The molecule has 0 amide bonds. The highest BCUT2D eigenvalue weighted by atomic mass is 16.5. The highest BCUT2D eigenvalue weighted by Crippen LogP contribution is 2.24. The molecular weight excluding hydrogens is 192 g/mol. The molecule has 0 saturated carbocycles. The minimum Gasteiger partial charge on any atom is -0.469 e. The molecule has 0 saturated heterocycles. The third kappa shape index (κ3) is 1.58. The number of para-hydroxylation sites is 1. The Hall–Kier alpha value is -1.84. The maximum atomic E-state index is 11.4. The fraction of sp³-hybridized carbons (Fsp3) is 0.273. The number of aromatic nitrogens is 2. The second-order valence-corrected chi connectivity index (χ2v) is 3.43. The van der Waals surface area contributed by atoms with Crippen LogP contribution in [0.1, 0.15) is 18.4 Å². The number of esters is 1. The molecule has 1 aromatic heterocycles. The summed E-state index contributed by atoms with van der Waals surface area (Å²) in [4.78, 5) is 11.4. The summed E-state index contributed by atoms with van der Waals surface area (Å²) < 4.78 is 4.72. The summed E-state index contributed by atoms with van der Waals surface area (Å²) in [5.74, 6) is -0.517. The summed E-state index contributed by atoms with van der Waals surface area (Å²) in [7, 11) is 1.39. The van der Waals surface area contributed by atoms with E-state index in [9.17, 15) is 4.79 Å². The van der Waals surface area contributed by atoms with Crippen LogP contribution < -0.4 is 0 Å². The molecular formula is C11H12N2O2. The molecule has 0 aliphatic heterocycles. The molecule has 1 heterocycles. The van der Waals surface area contributed by atoms with Crippen LogP contribution in [0.4, 0.5) is 0 Å². The predicted molar refractivity (Wildman–Crippen MR) is 56.5 cm³/mol. The largest absolute Gasteiger partial charge is 0.469 e. The van der Waals surface area contributed by atoms with Gasteiger partial charge in [0, 0.05) is 5.39 Å². The summed E-state index contributed by atoms with van der Waals surface area (Å²) >= 11 is 0. The van der Waals surface area contributed by atoms with Crippen molar-refractivity contribution in [2.45, 2.75) is 12.8 Å². The average Bonchev–Trinajstić information content (AvgIpc) is 2.74. The normalized spacial score (nSPS) is 12.7. The van der Waals surface area contributed by atoms with Gasteiger partial charge in [0.2, 0.25) is 0 Å². The van der Waals surface area contributed by atoms with E-state index in [1.807, 2.05) is 25.1 Å². The number of hydrogen-bond acceptors (Lipinski definition) is 3. The average molecular weight is 204 g/mol. The number of methoxy groups -OCH3 is 1. The van der Waals surface area contributed by atoms with Crippen LogP contribution in [-0.4, -0.2) is 23.3 Å². The van der Waals surface area contributed by atoms with Crippen LogP contribution in [0.5, 0.6) is 0 Å². The Morgan fingerprint density at radius 2 is 2.33 bits per heavy atom. The molecule has 15 heavy (non-hydrogen) atoms. The minimum absolute atomic E-state index is 0.239. The second kappa shape index (κ2) is 3.73. The van der Waals surface area contributed by atoms with Crippen LogP contribution in [-0.2, 0) is 9.53 Å². The zero-order valence-corrected chi connectivity index (χ0v) is 8.65. The smallest absolute Gasteiger partial charge is 0.312 e. The van der Waals surface area contributed by atoms with Gasteiger partial charge >= 0.3 is 5.97 Å². The number of aromatic amines is 1. The Morgan fingerprint density at radius 3 is 3.07 bits per heavy atom. The monoisotopic (exact) mass is 204 g/mol. The van der Waals surface area contributed by atoms with Crippen LogP contribution in [0.2, 0.25) is 0 Å². The number of carbonyl (C=O) groups excluding carboxylic acids is 1. The third-order valence-electron chi connectivity index (χ3n) is 2.53. The number of fused-ring (bicyclic) bond motifs is 1. The Kier molecular flexibility index (Phi) is 2.41. The Bertz CT molecular complexity index is 490. The lowest BCUT2D eigenvalue weighted by Crippen LogP contribution is -2.11. The zero-order valence-electron chi connectivity index (χ0n) is 8.65. The van der Waals surface area contributed by atoms with Gasteiger partial charge in [-0.1, -0.05) is 18.2 Å². The number of benzene rings is 1. The van der Waals surface area contributed by atoms with Gasteiger partial charge in [0.05, 0.1) is 24.7 Å². The van der Waals surface area contributed by atoms with Crippen molar-refractivity contribution in [3.63, 3.8) is 0 Å². The summed E-state index contributed by atoms with van der Waals surface area (Å²) in [6.07, 6.45) is 1.74. The minimum atomic E-state index is -0.279. The van der Waals surface area contributed by atoms with E-state index in [4.69, 9.17) is 4.74 Å². The fourth-order valence-electron chi connectivity index (χ4n) is 1.66. The number of carbonyl (C=O) groups is 1. The van der Waals surface area contributed by atoms with Crippen molar-refractivity contribution in [3.05, 3.63) is 30.0 Å². The third-order valence-corrected chi connectivity index (χ3v) is 2.53. The molecule has 0 aliphatic carbocycles. The Labute approximate surface area is 87.2 Å². The lowest BCUT2D eigenvalue weighted by atomic mass is 9.99. The van der Waals surface area contributed by atoms with E-state index < -0.39 is 0 Å². The number of hydrogen-bond donors (Lipinski definition) is 1. The molecule has 0 spiro atoms. The molecule has 0 fully saturated rings. The van der Waals surface area contributed by atoms with Crippen molar-refractivity contribution < 1.29 is 9.53 Å². The van der Waals surface area contributed by atoms with Crippen LogP contribution in [0.3, 0.4) is 0 Å². The topological polar surface area (TPSA) is 55.0 Å².